The number of likely N-dealkylation sites (tertiary alicyclic amines) is 2. The lowest BCUT2D eigenvalue weighted by Gasteiger charge is -2.24. The molecule has 2 saturated heterocycles. The highest BCUT2D eigenvalue weighted by molar-refractivity contribution is 5.96. The summed E-state index contributed by atoms with van der Waals surface area (Å²) in [6, 6.07) is 5.66. The van der Waals surface area contributed by atoms with Gasteiger partial charge in [0.15, 0.2) is 0 Å². The van der Waals surface area contributed by atoms with Gasteiger partial charge in [-0.15, -0.1) is 0 Å². The molecule has 6 heteroatoms. The van der Waals surface area contributed by atoms with Crippen LogP contribution in [0, 0.1) is 6.92 Å². The number of amides is 2. The Kier molecular flexibility index (Phi) is 5.04. The number of hydrogen-bond donors (Lipinski definition) is 1. The summed E-state index contributed by atoms with van der Waals surface area (Å²) in [6.45, 7) is 5.68. The van der Waals surface area contributed by atoms with E-state index in [9.17, 15) is 9.59 Å². The molecular weight excluding hydrogens is 306 g/mol. The van der Waals surface area contributed by atoms with Gasteiger partial charge in [0.05, 0.1) is 12.7 Å². The van der Waals surface area contributed by atoms with Crippen LogP contribution in [-0.4, -0.2) is 61.1 Å². The van der Waals surface area contributed by atoms with Gasteiger partial charge in [0.2, 0.25) is 0 Å². The molecule has 0 saturated carbocycles. The van der Waals surface area contributed by atoms with Gasteiger partial charge in [-0.05, 0) is 57.0 Å². The van der Waals surface area contributed by atoms with Gasteiger partial charge >= 0.3 is 12.0 Å². The summed E-state index contributed by atoms with van der Waals surface area (Å²) in [5, 5.41) is 2.94. The lowest BCUT2D eigenvalue weighted by atomic mass is 10.1. The fourth-order valence-corrected chi connectivity index (χ4v) is 3.63. The molecule has 1 N–H and O–H groups in total. The van der Waals surface area contributed by atoms with Crippen LogP contribution >= 0.6 is 0 Å². The number of ether oxygens (including phenoxy) is 1. The molecule has 0 bridgehead atoms. The van der Waals surface area contributed by atoms with Crippen LogP contribution in [0.1, 0.15) is 35.2 Å². The Balaban J connectivity index is 1.64. The summed E-state index contributed by atoms with van der Waals surface area (Å²) in [6.07, 6.45) is 3.57. The van der Waals surface area contributed by atoms with Crippen molar-refractivity contribution in [3.63, 3.8) is 0 Å². The maximum Gasteiger partial charge on any atom is 0.338 e. The summed E-state index contributed by atoms with van der Waals surface area (Å²) in [5.41, 5.74) is 1.87. The normalized spacial score (nSPS) is 21.1. The van der Waals surface area contributed by atoms with E-state index in [-0.39, 0.29) is 12.0 Å². The third-order valence-electron chi connectivity index (χ3n) is 5.09. The van der Waals surface area contributed by atoms with Crippen molar-refractivity contribution in [3.05, 3.63) is 29.3 Å². The zero-order chi connectivity index (χ0) is 17.1. The van der Waals surface area contributed by atoms with E-state index in [1.165, 1.54) is 20.0 Å². The zero-order valence-electron chi connectivity index (χ0n) is 14.4. The fraction of sp³-hybridized carbons (Fsp3) is 0.556. The smallest absolute Gasteiger partial charge is 0.338 e. The summed E-state index contributed by atoms with van der Waals surface area (Å²) in [4.78, 5) is 28.7. The molecule has 2 heterocycles. The summed E-state index contributed by atoms with van der Waals surface area (Å²) in [7, 11) is 1.36. The number of benzene rings is 1. The van der Waals surface area contributed by atoms with Crippen molar-refractivity contribution >= 4 is 17.7 Å². The second kappa shape index (κ2) is 7.21. The first-order valence-electron chi connectivity index (χ1n) is 8.58. The molecule has 130 valence electrons. The van der Waals surface area contributed by atoms with Crippen LogP contribution in [0.2, 0.25) is 0 Å². The Morgan fingerprint density at radius 3 is 2.67 bits per heavy atom. The minimum absolute atomic E-state index is 0.0955. The quantitative estimate of drug-likeness (QED) is 0.865. The monoisotopic (exact) mass is 331 g/mol. The molecule has 1 unspecified atom stereocenters. The van der Waals surface area contributed by atoms with Gasteiger partial charge in [-0.2, -0.15) is 0 Å². The van der Waals surface area contributed by atoms with E-state index in [1.54, 1.807) is 12.1 Å². The van der Waals surface area contributed by atoms with Crippen LogP contribution in [0.5, 0.6) is 0 Å². The first kappa shape index (κ1) is 16.8. The molecule has 24 heavy (non-hydrogen) atoms. The number of anilines is 1. The molecule has 1 aromatic carbocycles. The second-order valence-corrected chi connectivity index (χ2v) is 6.53. The maximum atomic E-state index is 12.6. The molecule has 2 fully saturated rings. The van der Waals surface area contributed by atoms with Gasteiger partial charge < -0.3 is 15.0 Å². The van der Waals surface area contributed by atoms with Crippen LogP contribution in [0.25, 0.3) is 0 Å². The zero-order valence-corrected chi connectivity index (χ0v) is 14.4. The van der Waals surface area contributed by atoms with Crippen LogP contribution in [-0.2, 0) is 4.74 Å². The Morgan fingerprint density at radius 1 is 1.21 bits per heavy atom. The third-order valence-corrected chi connectivity index (χ3v) is 5.09. The highest BCUT2D eigenvalue weighted by Crippen LogP contribution is 2.23. The van der Waals surface area contributed by atoms with Gasteiger partial charge in [-0.3, -0.25) is 4.90 Å². The van der Waals surface area contributed by atoms with E-state index < -0.39 is 0 Å². The molecule has 1 atom stereocenters. The Labute approximate surface area is 142 Å². The van der Waals surface area contributed by atoms with Crippen LogP contribution in [0.15, 0.2) is 18.2 Å². The summed E-state index contributed by atoms with van der Waals surface area (Å²) in [5.74, 6) is -0.390. The lowest BCUT2D eigenvalue weighted by Crippen LogP contribution is -2.38. The van der Waals surface area contributed by atoms with Gasteiger partial charge in [-0.1, -0.05) is 6.07 Å². The second-order valence-electron chi connectivity index (χ2n) is 6.53. The van der Waals surface area contributed by atoms with Crippen molar-refractivity contribution in [2.75, 3.05) is 38.6 Å². The molecule has 0 spiro atoms. The minimum Gasteiger partial charge on any atom is -0.465 e. The number of nitrogens with zero attached hydrogens (tertiary/aromatic N) is 2. The first-order valence-corrected chi connectivity index (χ1v) is 8.58. The number of esters is 1. The number of nitrogens with one attached hydrogen (secondary N) is 1. The first-order chi connectivity index (χ1) is 11.6. The van der Waals surface area contributed by atoms with Crippen molar-refractivity contribution in [3.8, 4) is 0 Å². The maximum absolute atomic E-state index is 12.6. The van der Waals surface area contributed by atoms with E-state index >= 15 is 0 Å². The van der Waals surface area contributed by atoms with Crippen molar-refractivity contribution in [2.45, 2.75) is 32.2 Å². The largest absolute Gasteiger partial charge is 0.465 e. The molecule has 2 amide bonds. The van der Waals surface area contributed by atoms with Gasteiger partial charge in [-0.25, -0.2) is 9.59 Å². The molecule has 0 radical (unpaired) electrons. The molecule has 6 nitrogen and oxygen atoms in total. The lowest BCUT2D eigenvalue weighted by molar-refractivity contribution is 0.0600. The highest BCUT2D eigenvalue weighted by Gasteiger charge is 2.31. The molecule has 3 rings (SSSR count). The van der Waals surface area contributed by atoms with E-state index in [4.69, 9.17) is 4.74 Å². The Morgan fingerprint density at radius 2 is 1.96 bits per heavy atom. The van der Waals surface area contributed by atoms with Gasteiger partial charge in [0.25, 0.3) is 0 Å². The number of methoxy groups -OCH3 is 1. The molecule has 2 aliphatic heterocycles. The molecular formula is C18H25N3O3. The summed E-state index contributed by atoms with van der Waals surface area (Å²) >= 11 is 0. The van der Waals surface area contributed by atoms with Gasteiger partial charge in [0, 0.05) is 24.8 Å². The molecule has 0 aliphatic carbocycles. The predicted molar refractivity (Wildman–Crippen MR) is 92.3 cm³/mol. The number of hydrogen-bond acceptors (Lipinski definition) is 4. The SMILES string of the molecule is COC(=O)c1cccc(NC(=O)N2CCC(N3CCCC3)C2)c1C. The van der Waals surface area contributed by atoms with E-state index in [2.05, 4.69) is 10.2 Å². The van der Waals surface area contributed by atoms with Crippen LogP contribution in [0.4, 0.5) is 10.5 Å². The third kappa shape index (κ3) is 3.38. The van der Waals surface area contributed by atoms with E-state index in [0.29, 0.717) is 17.3 Å². The van der Waals surface area contributed by atoms with Crippen LogP contribution < -0.4 is 5.32 Å². The summed E-state index contributed by atoms with van der Waals surface area (Å²) < 4.78 is 4.78. The average molecular weight is 331 g/mol. The Hall–Kier alpha value is -2.08. The van der Waals surface area contributed by atoms with Crippen molar-refractivity contribution < 1.29 is 14.3 Å². The average Bonchev–Trinajstić information content (AvgIpc) is 3.27. The van der Waals surface area contributed by atoms with E-state index in [0.717, 1.165) is 38.2 Å². The van der Waals surface area contributed by atoms with Crippen molar-refractivity contribution in [1.29, 1.82) is 0 Å². The molecule has 0 aromatic heterocycles. The Bertz CT molecular complexity index is 626. The molecule has 2 aliphatic rings. The minimum atomic E-state index is -0.390. The highest BCUT2D eigenvalue weighted by atomic mass is 16.5. The standard InChI is InChI=1S/C18H25N3O3/c1-13-15(17(22)24-2)6-5-7-16(13)19-18(23)21-11-8-14(12-21)20-9-3-4-10-20/h5-7,14H,3-4,8-12H2,1-2H3,(H,19,23). The van der Waals surface area contributed by atoms with Crippen molar-refractivity contribution in [1.82, 2.24) is 9.80 Å². The topological polar surface area (TPSA) is 61.9 Å². The van der Waals surface area contributed by atoms with Crippen LogP contribution in [0.3, 0.4) is 0 Å². The molecule has 1 aromatic rings. The van der Waals surface area contributed by atoms with Crippen molar-refractivity contribution in [2.24, 2.45) is 0 Å². The number of rotatable bonds is 3. The fourth-order valence-electron chi connectivity index (χ4n) is 3.63. The van der Waals surface area contributed by atoms with E-state index in [1.807, 2.05) is 17.9 Å². The number of urea groups is 1. The number of carbonyl (C=O) groups excluding carboxylic acids is 2. The predicted octanol–water partition coefficient (Wildman–Crippen LogP) is 2.48. The number of carbonyl (C=O) groups is 2. The van der Waals surface area contributed by atoms with Gasteiger partial charge in [0.1, 0.15) is 0 Å².